The molecule has 1 aromatic heterocycles. The summed E-state index contributed by atoms with van der Waals surface area (Å²) in [6.07, 6.45) is 2.37. The minimum Gasteiger partial charge on any atom is -0.331 e. The molecule has 0 spiro atoms. The largest absolute Gasteiger partial charge is 0.331 e. The molecule has 3 heteroatoms. The lowest BCUT2D eigenvalue weighted by Gasteiger charge is -2.07. The van der Waals surface area contributed by atoms with Crippen molar-refractivity contribution in [1.82, 2.24) is 14.9 Å². The third kappa shape index (κ3) is 1.95. The summed E-state index contributed by atoms with van der Waals surface area (Å²) in [5, 5.41) is 3.42. The number of rotatable bonds is 2. The molecule has 1 saturated heterocycles. The molecule has 1 N–H and O–H groups in total. The van der Waals surface area contributed by atoms with Crippen LogP contribution in [0.4, 0.5) is 0 Å². The molecular weight excluding hydrogens is 210 g/mol. The van der Waals surface area contributed by atoms with Gasteiger partial charge in [0.25, 0.3) is 0 Å². The fourth-order valence-electron chi connectivity index (χ4n) is 2.69. The van der Waals surface area contributed by atoms with Crippen LogP contribution in [0.1, 0.15) is 17.8 Å². The maximum atomic E-state index is 4.77. The Hall–Kier alpha value is -1.35. The molecule has 1 aromatic carbocycles. The predicted octanol–water partition coefficient (Wildman–Crippen LogP) is 2.03. The van der Waals surface area contributed by atoms with Crippen molar-refractivity contribution >= 4 is 11.0 Å². The molecule has 0 saturated carbocycles. The number of hydrogen-bond acceptors (Lipinski definition) is 2. The molecule has 0 bridgehead atoms. The highest BCUT2D eigenvalue weighted by Gasteiger charge is 2.18. The highest BCUT2D eigenvalue weighted by molar-refractivity contribution is 5.76. The van der Waals surface area contributed by atoms with Gasteiger partial charge in [-0.05, 0) is 50.0 Å². The number of imidazole rings is 1. The Morgan fingerprint density at radius 3 is 3.12 bits per heavy atom. The minimum absolute atomic E-state index is 0.756. The Morgan fingerprint density at radius 2 is 2.35 bits per heavy atom. The Labute approximate surface area is 102 Å². The number of aromatic nitrogens is 2. The quantitative estimate of drug-likeness (QED) is 0.854. The third-order valence-electron chi connectivity index (χ3n) is 3.76. The van der Waals surface area contributed by atoms with Gasteiger partial charge >= 0.3 is 0 Å². The number of hydrogen-bond donors (Lipinski definition) is 1. The van der Waals surface area contributed by atoms with E-state index in [-0.39, 0.29) is 0 Å². The molecule has 17 heavy (non-hydrogen) atoms. The summed E-state index contributed by atoms with van der Waals surface area (Å²) >= 11 is 0. The first-order valence-electron chi connectivity index (χ1n) is 6.37. The standard InChI is InChI=1S/C14H19N3/c1-10-3-4-13-12(7-10)16-14(17(13)2)8-11-5-6-15-9-11/h3-4,7,11,15H,5-6,8-9H2,1-2H3. The molecule has 2 heterocycles. The number of fused-ring (bicyclic) bond motifs is 1. The first kappa shape index (κ1) is 10.8. The van der Waals surface area contributed by atoms with E-state index in [4.69, 9.17) is 4.98 Å². The van der Waals surface area contributed by atoms with Gasteiger partial charge in [0.05, 0.1) is 11.0 Å². The van der Waals surface area contributed by atoms with E-state index in [1.54, 1.807) is 0 Å². The van der Waals surface area contributed by atoms with Crippen molar-refractivity contribution < 1.29 is 0 Å². The van der Waals surface area contributed by atoms with Crippen LogP contribution in [0.5, 0.6) is 0 Å². The summed E-state index contributed by atoms with van der Waals surface area (Å²) in [6, 6.07) is 6.50. The summed E-state index contributed by atoms with van der Waals surface area (Å²) in [6.45, 7) is 4.42. The smallest absolute Gasteiger partial charge is 0.109 e. The summed E-state index contributed by atoms with van der Waals surface area (Å²) in [5.41, 5.74) is 3.66. The molecule has 1 aliphatic rings. The van der Waals surface area contributed by atoms with Crippen molar-refractivity contribution in [2.75, 3.05) is 13.1 Å². The van der Waals surface area contributed by atoms with Crippen LogP contribution in [0.3, 0.4) is 0 Å². The average Bonchev–Trinajstić information content (AvgIpc) is 2.89. The predicted molar refractivity (Wildman–Crippen MR) is 70.1 cm³/mol. The maximum absolute atomic E-state index is 4.77. The average molecular weight is 229 g/mol. The third-order valence-corrected chi connectivity index (χ3v) is 3.76. The Balaban J connectivity index is 1.96. The van der Waals surface area contributed by atoms with Gasteiger partial charge in [0.2, 0.25) is 0 Å². The van der Waals surface area contributed by atoms with E-state index in [1.807, 2.05) is 0 Å². The van der Waals surface area contributed by atoms with Crippen molar-refractivity contribution in [2.24, 2.45) is 13.0 Å². The second kappa shape index (κ2) is 4.15. The number of nitrogens with zero attached hydrogens (tertiary/aromatic N) is 2. The van der Waals surface area contributed by atoms with Crippen LogP contribution in [0, 0.1) is 12.8 Å². The number of aryl methyl sites for hydroxylation is 2. The lowest BCUT2D eigenvalue weighted by molar-refractivity contribution is 0.552. The van der Waals surface area contributed by atoms with Crippen molar-refractivity contribution in [1.29, 1.82) is 0 Å². The van der Waals surface area contributed by atoms with Crippen molar-refractivity contribution in [3.05, 3.63) is 29.6 Å². The summed E-state index contributed by atoms with van der Waals surface area (Å²) in [5.74, 6) is 1.98. The fraction of sp³-hybridized carbons (Fsp3) is 0.500. The van der Waals surface area contributed by atoms with Crippen molar-refractivity contribution in [3.8, 4) is 0 Å². The zero-order valence-corrected chi connectivity index (χ0v) is 10.5. The number of nitrogens with one attached hydrogen (secondary N) is 1. The highest BCUT2D eigenvalue weighted by atomic mass is 15.1. The normalized spacial score (nSPS) is 20.2. The summed E-state index contributed by atoms with van der Waals surface area (Å²) in [7, 11) is 2.13. The molecule has 1 fully saturated rings. The van der Waals surface area contributed by atoms with Gasteiger partial charge in [-0.25, -0.2) is 4.98 Å². The van der Waals surface area contributed by atoms with Crippen LogP contribution < -0.4 is 5.32 Å². The van der Waals surface area contributed by atoms with Crippen molar-refractivity contribution in [3.63, 3.8) is 0 Å². The monoisotopic (exact) mass is 229 g/mol. The van der Waals surface area contributed by atoms with E-state index in [9.17, 15) is 0 Å². The molecule has 0 radical (unpaired) electrons. The zero-order valence-electron chi connectivity index (χ0n) is 10.5. The Morgan fingerprint density at radius 1 is 1.47 bits per heavy atom. The second-order valence-electron chi connectivity index (χ2n) is 5.14. The molecular formula is C14H19N3. The van der Waals surface area contributed by atoms with Gasteiger partial charge in [-0.1, -0.05) is 6.07 Å². The van der Waals surface area contributed by atoms with Crippen LogP contribution in [0.2, 0.25) is 0 Å². The molecule has 90 valence electrons. The van der Waals surface area contributed by atoms with E-state index in [1.165, 1.54) is 23.3 Å². The summed E-state index contributed by atoms with van der Waals surface area (Å²) in [4.78, 5) is 4.77. The Bertz CT molecular complexity index is 536. The van der Waals surface area contributed by atoms with E-state index < -0.39 is 0 Å². The molecule has 1 unspecified atom stereocenters. The van der Waals surface area contributed by atoms with E-state index >= 15 is 0 Å². The van der Waals surface area contributed by atoms with Gasteiger partial charge < -0.3 is 9.88 Å². The molecule has 1 aliphatic heterocycles. The first-order chi connectivity index (χ1) is 8.24. The van der Waals surface area contributed by atoms with Crippen LogP contribution in [0.25, 0.3) is 11.0 Å². The number of benzene rings is 1. The molecule has 3 nitrogen and oxygen atoms in total. The van der Waals surface area contributed by atoms with Crippen molar-refractivity contribution in [2.45, 2.75) is 19.8 Å². The zero-order chi connectivity index (χ0) is 11.8. The Kier molecular flexibility index (Phi) is 2.63. The molecule has 3 rings (SSSR count). The molecule has 0 amide bonds. The van der Waals surface area contributed by atoms with Crippen LogP contribution >= 0.6 is 0 Å². The minimum atomic E-state index is 0.756. The van der Waals surface area contributed by atoms with Gasteiger partial charge in [0.15, 0.2) is 0 Å². The highest BCUT2D eigenvalue weighted by Crippen LogP contribution is 2.20. The van der Waals surface area contributed by atoms with Gasteiger partial charge in [0.1, 0.15) is 5.82 Å². The fourth-order valence-corrected chi connectivity index (χ4v) is 2.69. The topological polar surface area (TPSA) is 29.9 Å². The lowest BCUT2D eigenvalue weighted by Crippen LogP contribution is -2.12. The lowest BCUT2D eigenvalue weighted by atomic mass is 10.0. The van der Waals surface area contributed by atoms with Gasteiger partial charge in [-0.2, -0.15) is 0 Å². The molecule has 2 aromatic rings. The van der Waals surface area contributed by atoms with E-state index in [0.717, 1.165) is 30.9 Å². The SMILES string of the molecule is Cc1ccc2c(c1)nc(CC1CCNC1)n2C. The van der Waals surface area contributed by atoms with E-state index in [0.29, 0.717) is 0 Å². The van der Waals surface area contributed by atoms with Gasteiger partial charge in [-0.3, -0.25) is 0 Å². The van der Waals surface area contributed by atoms with Crippen LogP contribution in [-0.2, 0) is 13.5 Å². The van der Waals surface area contributed by atoms with Gasteiger partial charge in [-0.15, -0.1) is 0 Å². The maximum Gasteiger partial charge on any atom is 0.109 e. The first-order valence-corrected chi connectivity index (χ1v) is 6.37. The molecule has 0 aliphatic carbocycles. The van der Waals surface area contributed by atoms with E-state index in [2.05, 4.69) is 42.1 Å². The summed E-state index contributed by atoms with van der Waals surface area (Å²) < 4.78 is 2.24. The van der Waals surface area contributed by atoms with Crippen LogP contribution in [0.15, 0.2) is 18.2 Å². The second-order valence-corrected chi connectivity index (χ2v) is 5.14. The van der Waals surface area contributed by atoms with Crippen LogP contribution in [-0.4, -0.2) is 22.6 Å². The van der Waals surface area contributed by atoms with Gasteiger partial charge in [0, 0.05) is 13.5 Å². The molecule has 1 atom stereocenters.